The first-order valence-corrected chi connectivity index (χ1v) is 7.93. The third-order valence-corrected chi connectivity index (χ3v) is 4.84. The molecule has 2 heterocycles. The average molecular weight is 341 g/mol. The summed E-state index contributed by atoms with van der Waals surface area (Å²) in [7, 11) is 1.65. The summed E-state index contributed by atoms with van der Waals surface area (Å²) in [4.78, 5) is 14.9. The van der Waals surface area contributed by atoms with Gasteiger partial charge in [-0.2, -0.15) is 0 Å². The predicted octanol–water partition coefficient (Wildman–Crippen LogP) is 1.88. The molecule has 1 aromatic rings. The summed E-state index contributed by atoms with van der Waals surface area (Å²) in [5.74, 6) is 1.77. The van der Waals surface area contributed by atoms with Gasteiger partial charge in [-0.1, -0.05) is 0 Å². The minimum Gasteiger partial charge on any atom is -0.497 e. The first-order valence-electron chi connectivity index (χ1n) is 7.93. The Morgan fingerprint density at radius 2 is 2.17 bits per heavy atom. The average Bonchev–Trinajstić information content (AvgIpc) is 2.55. The zero-order valence-electron chi connectivity index (χ0n) is 13.9. The molecular formula is C17H25ClN2O3. The summed E-state index contributed by atoms with van der Waals surface area (Å²) in [6.07, 6.45) is 0.719. The smallest absolute Gasteiger partial charge is 0.229 e. The van der Waals surface area contributed by atoms with Gasteiger partial charge in [0, 0.05) is 25.2 Å². The highest BCUT2D eigenvalue weighted by atomic mass is 35.5. The molecule has 0 saturated carbocycles. The lowest BCUT2D eigenvalue weighted by Gasteiger charge is -2.41. The van der Waals surface area contributed by atoms with Crippen LogP contribution in [0.3, 0.4) is 0 Å². The van der Waals surface area contributed by atoms with Crippen LogP contribution in [0.5, 0.6) is 11.5 Å². The van der Waals surface area contributed by atoms with Gasteiger partial charge in [0.2, 0.25) is 5.91 Å². The summed E-state index contributed by atoms with van der Waals surface area (Å²) in [6, 6.07) is 6.33. The first kappa shape index (κ1) is 17.9. The first-order chi connectivity index (χ1) is 10.6. The van der Waals surface area contributed by atoms with E-state index in [4.69, 9.17) is 9.47 Å². The second-order valence-corrected chi connectivity index (χ2v) is 6.20. The number of nitrogens with zero attached hydrogens (tertiary/aromatic N) is 1. The standard InChI is InChI=1S/C17H24N2O3.ClH/c1-11-12(2)19(7-6-18-11)17(20)14-8-13-9-15(21-3)4-5-16(13)22-10-14;/h4-5,9,11-12,14,18H,6-8,10H2,1-3H3;1H. The van der Waals surface area contributed by atoms with Crippen molar-refractivity contribution in [2.75, 3.05) is 26.8 Å². The number of piperazine rings is 1. The zero-order valence-corrected chi connectivity index (χ0v) is 14.7. The molecule has 3 unspecified atom stereocenters. The van der Waals surface area contributed by atoms with Gasteiger partial charge in [-0.05, 0) is 44.0 Å². The number of carbonyl (C=O) groups excluding carboxylic acids is 1. The minimum absolute atomic E-state index is 0. The van der Waals surface area contributed by atoms with Gasteiger partial charge in [0.25, 0.3) is 0 Å². The third-order valence-electron chi connectivity index (χ3n) is 4.84. The Bertz CT molecular complexity index is 567. The molecule has 3 rings (SSSR count). The van der Waals surface area contributed by atoms with Crippen molar-refractivity contribution in [1.82, 2.24) is 10.2 Å². The number of benzene rings is 1. The molecule has 1 N–H and O–H groups in total. The molecule has 3 atom stereocenters. The van der Waals surface area contributed by atoms with E-state index in [0.29, 0.717) is 12.6 Å². The van der Waals surface area contributed by atoms with Crippen molar-refractivity contribution in [3.63, 3.8) is 0 Å². The fraction of sp³-hybridized carbons (Fsp3) is 0.588. The van der Waals surface area contributed by atoms with Crippen LogP contribution >= 0.6 is 12.4 Å². The van der Waals surface area contributed by atoms with Gasteiger partial charge < -0.3 is 19.7 Å². The van der Waals surface area contributed by atoms with Crippen molar-refractivity contribution in [2.45, 2.75) is 32.4 Å². The maximum atomic E-state index is 12.9. The lowest BCUT2D eigenvalue weighted by atomic mass is 9.94. The van der Waals surface area contributed by atoms with E-state index < -0.39 is 0 Å². The molecule has 0 bridgehead atoms. The van der Waals surface area contributed by atoms with E-state index in [9.17, 15) is 4.79 Å². The number of ether oxygens (including phenoxy) is 2. The third kappa shape index (κ3) is 3.56. The van der Waals surface area contributed by atoms with E-state index in [-0.39, 0.29) is 30.3 Å². The monoisotopic (exact) mass is 340 g/mol. The highest BCUT2D eigenvalue weighted by molar-refractivity contribution is 5.85. The van der Waals surface area contributed by atoms with Gasteiger partial charge in [-0.15, -0.1) is 12.4 Å². The Morgan fingerprint density at radius 1 is 1.39 bits per heavy atom. The maximum absolute atomic E-state index is 12.9. The number of rotatable bonds is 2. The predicted molar refractivity (Wildman–Crippen MR) is 91.6 cm³/mol. The molecule has 5 nitrogen and oxygen atoms in total. The van der Waals surface area contributed by atoms with Crippen molar-refractivity contribution < 1.29 is 14.3 Å². The van der Waals surface area contributed by atoms with Crippen LogP contribution in [0.15, 0.2) is 18.2 Å². The Kier molecular flexibility index (Phi) is 5.76. The van der Waals surface area contributed by atoms with Gasteiger partial charge in [-0.3, -0.25) is 4.79 Å². The molecule has 1 saturated heterocycles. The van der Waals surface area contributed by atoms with Crippen LogP contribution in [0.1, 0.15) is 19.4 Å². The van der Waals surface area contributed by atoms with E-state index in [1.165, 1.54) is 0 Å². The van der Waals surface area contributed by atoms with Crippen molar-refractivity contribution in [3.8, 4) is 11.5 Å². The van der Waals surface area contributed by atoms with Crippen molar-refractivity contribution in [2.24, 2.45) is 5.92 Å². The molecule has 1 amide bonds. The lowest BCUT2D eigenvalue weighted by molar-refractivity contribution is -0.140. The molecule has 2 aliphatic rings. The summed E-state index contributed by atoms with van der Waals surface area (Å²) < 4.78 is 11.1. The summed E-state index contributed by atoms with van der Waals surface area (Å²) in [5.41, 5.74) is 1.06. The highest BCUT2D eigenvalue weighted by Gasteiger charge is 2.34. The number of hydrogen-bond donors (Lipinski definition) is 1. The van der Waals surface area contributed by atoms with Gasteiger partial charge >= 0.3 is 0 Å². The van der Waals surface area contributed by atoms with E-state index in [2.05, 4.69) is 19.2 Å². The second-order valence-electron chi connectivity index (χ2n) is 6.20. The van der Waals surface area contributed by atoms with E-state index >= 15 is 0 Å². The number of halogens is 1. The quantitative estimate of drug-likeness (QED) is 0.893. The largest absolute Gasteiger partial charge is 0.497 e. The van der Waals surface area contributed by atoms with Crippen LogP contribution in [0, 0.1) is 5.92 Å². The number of hydrogen-bond acceptors (Lipinski definition) is 4. The molecule has 0 aromatic heterocycles. The zero-order chi connectivity index (χ0) is 15.7. The second kappa shape index (κ2) is 7.41. The van der Waals surface area contributed by atoms with E-state index in [1.807, 2.05) is 23.1 Å². The highest BCUT2D eigenvalue weighted by Crippen LogP contribution is 2.31. The van der Waals surface area contributed by atoms with Crippen molar-refractivity contribution in [1.29, 1.82) is 0 Å². The van der Waals surface area contributed by atoms with Gasteiger partial charge in [0.05, 0.1) is 13.0 Å². The Labute approximate surface area is 143 Å². The number of fused-ring (bicyclic) bond motifs is 1. The normalized spacial score (nSPS) is 26.6. The number of amides is 1. The molecule has 1 fully saturated rings. The van der Waals surface area contributed by atoms with Crippen LogP contribution in [0.2, 0.25) is 0 Å². The van der Waals surface area contributed by atoms with Gasteiger partial charge in [0.15, 0.2) is 0 Å². The molecule has 0 spiro atoms. The van der Waals surface area contributed by atoms with Crippen LogP contribution in [-0.2, 0) is 11.2 Å². The molecule has 0 radical (unpaired) electrons. The molecule has 1 aromatic carbocycles. The SMILES string of the molecule is COc1ccc2c(c1)CC(C(=O)N1CCNC(C)C1C)CO2.Cl. The Hall–Kier alpha value is -1.46. The minimum atomic E-state index is -0.104. The summed E-state index contributed by atoms with van der Waals surface area (Å²) in [5, 5.41) is 3.41. The van der Waals surface area contributed by atoms with Crippen LogP contribution < -0.4 is 14.8 Å². The van der Waals surface area contributed by atoms with Crippen LogP contribution in [0.4, 0.5) is 0 Å². The van der Waals surface area contributed by atoms with Crippen molar-refractivity contribution >= 4 is 18.3 Å². The summed E-state index contributed by atoms with van der Waals surface area (Å²) in [6.45, 7) is 6.32. The molecule has 23 heavy (non-hydrogen) atoms. The van der Waals surface area contributed by atoms with Crippen LogP contribution in [-0.4, -0.2) is 49.7 Å². The molecule has 0 aliphatic carbocycles. The number of carbonyl (C=O) groups is 1. The number of methoxy groups -OCH3 is 1. The van der Waals surface area contributed by atoms with Gasteiger partial charge in [0.1, 0.15) is 18.1 Å². The molecule has 128 valence electrons. The molecule has 2 aliphatic heterocycles. The topological polar surface area (TPSA) is 50.8 Å². The lowest BCUT2D eigenvalue weighted by Crippen LogP contribution is -2.59. The number of nitrogens with one attached hydrogen (secondary N) is 1. The Morgan fingerprint density at radius 3 is 2.91 bits per heavy atom. The fourth-order valence-electron chi connectivity index (χ4n) is 3.26. The van der Waals surface area contributed by atoms with E-state index in [0.717, 1.165) is 36.6 Å². The Balaban J connectivity index is 0.00000192. The summed E-state index contributed by atoms with van der Waals surface area (Å²) >= 11 is 0. The fourth-order valence-corrected chi connectivity index (χ4v) is 3.26. The molecular weight excluding hydrogens is 316 g/mol. The van der Waals surface area contributed by atoms with Gasteiger partial charge in [-0.25, -0.2) is 0 Å². The van der Waals surface area contributed by atoms with Crippen LogP contribution in [0.25, 0.3) is 0 Å². The van der Waals surface area contributed by atoms with Crippen molar-refractivity contribution in [3.05, 3.63) is 23.8 Å². The maximum Gasteiger partial charge on any atom is 0.229 e. The molecule has 6 heteroatoms. The van der Waals surface area contributed by atoms with E-state index in [1.54, 1.807) is 7.11 Å².